The zero-order chi connectivity index (χ0) is 11.6. The van der Waals surface area contributed by atoms with Crippen molar-refractivity contribution < 1.29 is 0 Å². The number of hydrogen-bond acceptors (Lipinski definition) is 1. The van der Waals surface area contributed by atoms with Gasteiger partial charge in [0.05, 0.1) is 0 Å². The number of benzene rings is 1. The lowest BCUT2D eigenvalue weighted by molar-refractivity contribution is 0.667. The first-order valence-corrected chi connectivity index (χ1v) is 6.86. The second kappa shape index (κ2) is 8.46. The lowest BCUT2D eigenvalue weighted by Crippen LogP contribution is -1.85. The first-order valence-electron chi connectivity index (χ1n) is 6.23. The van der Waals surface area contributed by atoms with Gasteiger partial charge in [-0.3, -0.25) is 0 Å². The summed E-state index contributed by atoms with van der Waals surface area (Å²) in [6.07, 6.45) is 10.8. The number of rotatable bonds is 7. The molecule has 0 bridgehead atoms. The molecule has 1 heteroatoms. The maximum absolute atomic E-state index is 4.15. The van der Waals surface area contributed by atoms with Gasteiger partial charge in [0.15, 0.2) is 0 Å². The van der Waals surface area contributed by atoms with Gasteiger partial charge >= 0.3 is 0 Å². The third-order valence-corrected chi connectivity index (χ3v) is 2.93. The summed E-state index contributed by atoms with van der Waals surface area (Å²) >= 11 is 4.15. The summed E-state index contributed by atoms with van der Waals surface area (Å²) in [5.74, 6) is 0.804. The maximum atomic E-state index is 4.15. The van der Waals surface area contributed by atoms with Gasteiger partial charge in [-0.2, -0.15) is 12.6 Å². The second-order valence-corrected chi connectivity index (χ2v) is 4.50. The standard InChI is InChI=1S/C15H22S/c1-2-3-4-5-7-14-9-11-15(12-10-14)8-6-13-16/h6,8-12,16H,2-5,7,13H2,1H3. The molecule has 0 atom stereocenters. The van der Waals surface area contributed by atoms with Crippen molar-refractivity contribution in [2.24, 2.45) is 0 Å². The fourth-order valence-electron chi connectivity index (χ4n) is 1.74. The van der Waals surface area contributed by atoms with E-state index in [-0.39, 0.29) is 0 Å². The fraction of sp³-hybridized carbons (Fsp3) is 0.467. The Morgan fingerprint density at radius 3 is 2.44 bits per heavy atom. The minimum Gasteiger partial charge on any atom is -0.175 e. The molecule has 0 amide bonds. The Morgan fingerprint density at radius 1 is 1.06 bits per heavy atom. The highest BCUT2D eigenvalue weighted by Crippen LogP contribution is 2.10. The molecule has 0 spiro atoms. The van der Waals surface area contributed by atoms with E-state index in [1.807, 2.05) is 0 Å². The van der Waals surface area contributed by atoms with Crippen molar-refractivity contribution in [1.82, 2.24) is 0 Å². The van der Waals surface area contributed by atoms with Gasteiger partial charge < -0.3 is 0 Å². The van der Waals surface area contributed by atoms with Crippen molar-refractivity contribution in [3.63, 3.8) is 0 Å². The molecule has 0 aliphatic heterocycles. The highest BCUT2D eigenvalue weighted by Gasteiger charge is 1.93. The van der Waals surface area contributed by atoms with Crippen LogP contribution in [0.25, 0.3) is 6.08 Å². The lowest BCUT2D eigenvalue weighted by Gasteiger charge is -2.01. The SMILES string of the molecule is CCCCCCc1ccc(C=CCS)cc1. The molecule has 1 aromatic carbocycles. The Labute approximate surface area is 105 Å². The van der Waals surface area contributed by atoms with Crippen LogP contribution < -0.4 is 0 Å². The van der Waals surface area contributed by atoms with Gasteiger partial charge in [0.2, 0.25) is 0 Å². The third kappa shape index (κ3) is 5.41. The largest absolute Gasteiger partial charge is 0.175 e. The van der Waals surface area contributed by atoms with Gasteiger partial charge in [-0.1, -0.05) is 62.6 Å². The lowest BCUT2D eigenvalue weighted by atomic mass is 10.0. The highest BCUT2D eigenvalue weighted by atomic mass is 32.1. The van der Waals surface area contributed by atoms with E-state index in [9.17, 15) is 0 Å². The average molecular weight is 234 g/mol. The van der Waals surface area contributed by atoms with E-state index in [2.05, 4.69) is 56.0 Å². The molecule has 0 aliphatic carbocycles. The summed E-state index contributed by atoms with van der Waals surface area (Å²) in [7, 11) is 0. The Bertz CT molecular complexity index is 298. The molecular formula is C15H22S. The van der Waals surface area contributed by atoms with Crippen molar-refractivity contribution in [3.8, 4) is 0 Å². The first-order chi connectivity index (χ1) is 7.86. The van der Waals surface area contributed by atoms with Crippen LogP contribution in [0.15, 0.2) is 30.3 Å². The summed E-state index contributed by atoms with van der Waals surface area (Å²) in [6, 6.07) is 8.86. The van der Waals surface area contributed by atoms with Crippen LogP contribution in [-0.4, -0.2) is 5.75 Å². The van der Waals surface area contributed by atoms with E-state index in [0.717, 1.165) is 5.75 Å². The van der Waals surface area contributed by atoms with Crippen LogP contribution in [0.2, 0.25) is 0 Å². The monoisotopic (exact) mass is 234 g/mol. The van der Waals surface area contributed by atoms with E-state index < -0.39 is 0 Å². The molecule has 0 saturated heterocycles. The quantitative estimate of drug-likeness (QED) is 0.511. The van der Waals surface area contributed by atoms with Crippen molar-refractivity contribution in [2.45, 2.75) is 39.0 Å². The summed E-state index contributed by atoms with van der Waals surface area (Å²) in [6.45, 7) is 2.25. The van der Waals surface area contributed by atoms with E-state index in [1.165, 1.54) is 43.2 Å². The highest BCUT2D eigenvalue weighted by molar-refractivity contribution is 7.80. The Morgan fingerprint density at radius 2 is 1.81 bits per heavy atom. The maximum Gasteiger partial charge on any atom is 0.00858 e. The molecule has 1 aromatic rings. The molecule has 0 saturated carbocycles. The van der Waals surface area contributed by atoms with Crippen molar-refractivity contribution in [2.75, 3.05) is 5.75 Å². The molecular weight excluding hydrogens is 212 g/mol. The van der Waals surface area contributed by atoms with Crippen LogP contribution >= 0.6 is 12.6 Å². The van der Waals surface area contributed by atoms with Gasteiger partial charge in [0, 0.05) is 5.75 Å². The predicted octanol–water partition coefficient (Wildman–Crippen LogP) is 4.75. The Hall–Kier alpha value is -0.690. The molecule has 1 rings (SSSR count). The normalized spacial score (nSPS) is 11.1. The van der Waals surface area contributed by atoms with Gasteiger partial charge in [-0.05, 0) is 24.0 Å². The third-order valence-electron chi connectivity index (χ3n) is 2.71. The molecule has 0 nitrogen and oxygen atoms in total. The zero-order valence-corrected chi connectivity index (χ0v) is 11.0. The first kappa shape index (κ1) is 13.4. The summed E-state index contributed by atoms with van der Waals surface area (Å²) in [4.78, 5) is 0. The van der Waals surface area contributed by atoms with Gasteiger partial charge in [-0.15, -0.1) is 0 Å². The fourth-order valence-corrected chi connectivity index (χ4v) is 1.85. The van der Waals surface area contributed by atoms with Crippen LogP contribution in [0.1, 0.15) is 43.7 Å². The molecule has 0 N–H and O–H groups in total. The number of thiol groups is 1. The van der Waals surface area contributed by atoms with E-state index in [1.54, 1.807) is 0 Å². The average Bonchev–Trinajstić information content (AvgIpc) is 2.33. The number of hydrogen-bond donors (Lipinski definition) is 1. The molecule has 0 aliphatic rings. The molecule has 0 fully saturated rings. The van der Waals surface area contributed by atoms with Crippen molar-refractivity contribution >= 4 is 18.7 Å². The van der Waals surface area contributed by atoms with Gasteiger partial charge in [0.1, 0.15) is 0 Å². The predicted molar refractivity (Wildman–Crippen MR) is 77.2 cm³/mol. The van der Waals surface area contributed by atoms with E-state index >= 15 is 0 Å². The Kier molecular flexibility index (Phi) is 7.07. The number of unbranched alkanes of at least 4 members (excludes halogenated alkanes) is 3. The molecule has 0 aromatic heterocycles. The topological polar surface area (TPSA) is 0 Å². The minimum atomic E-state index is 0.804. The summed E-state index contributed by atoms with van der Waals surface area (Å²) in [5, 5.41) is 0. The van der Waals surface area contributed by atoms with Crippen LogP contribution in [0.5, 0.6) is 0 Å². The van der Waals surface area contributed by atoms with Crippen LogP contribution in [0.4, 0.5) is 0 Å². The molecule has 16 heavy (non-hydrogen) atoms. The van der Waals surface area contributed by atoms with E-state index in [0.29, 0.717) is 0 Å². The summed E-state index contributed by atoms with van der Waals surface area (Å²) in [5.41, 5.74) is 2.73. The minimum absolute atomic E-state index is 0.804. The summed E-state index contributed by atoms with van der Waals surface area (Å²) < 4.78 is 0. The molecule has 0 heterocycles. The zero-order valence-electron chi connectivity index (χ0n) is 10.2. The van der Waals surface area contributed by atoms with Crippen LogP contribution in [0.3, 0.4) is 0 Å². The molecule has 0 radical (unpaired) electrons. The van der Waals surface area contributed by atoms with Gasteiger partial charge in [0.25, 0.3) is 0 Å². The van der Waals surface area contributed by atoms with Crippen molar-refractivity contribution in [3.05, 3.63) is 41.5 Å². The van der Waals surface area contributed by atoms with Crippen LogP contribution in [-0.2, 0) is 6.42 Å². The number of aryl methyl sites for hydroxylation is 1. The smallest absolute Gasteiger partial charge is 0.00858 e. The Balaban J connectivity index is 2.36. The van der Waals surface area contributed by atoms with Gasteiger partial charge in [-0.25, -0.2) is 0 Å². The van der Waals surface area contributed by atoms with Crippen molar-refractivity contribution in [1.29, 1.82) is 0 Å². The van der Waals surface area contributed by atoms with Crippen LogP contribution in [0, 0.1) is 0 Å². The molecule has 88 valence electrons. The second-order valence-electron chi connectivity index (χ2n) is 4.14. The molecule has 0 unspecified atom stereocenters. The van der Waals surface area contributed by atoms with E-state index in [4.69, 9.17) is 0 Å².